The maximum Gasteiger partial charge on any atom is 1.00 e. The molecule has 3 rings (SSSR count). The fourth-order valence-corrected chi connectivity index (χ4v) is 4.68. The van der Waals surface area contributed by atoms with E-state index in [1.54, 1.807) is 19.1 Å². The molecule has 0 aromatic heterocycles. The van der Waals surface area contributed by atoms with Gasteiger partial charge in [-0.05, 0) is 37.5 Å². The van der Waals surface area contributed by atoms with Crippen LogP contribution < -0.4 is 18.9 Å². The van der Waals surface area contributed by atoms with E-state index in [4.69, 9.17) is 0 Å². The summed E-state index contributed by atoms with van der Waals surface area (Å²) in [6.07, 6.45) is 8.02. The zero-order valence-electron chi connectivity index (χ0n) is 20.6. The Kier molecular flexibility index (Phi) is 14.2. The smallest absolute Gasteiger partial charge is 0.417 e. The van der Waals surface area contributed by atoms with Gasteiger partial charge in [0.1, 0.15) is 5.84 Å². The quantitative estimate of drug-likeness (QED) is 0.319. The van der Waals surface area contributed by atoms with Gasteiger partial charge in [0.2, 0.25) is 0 Å². The van der Waals surface area contributed by atoms with E-state index in [-0.39, 0.29) is 30.5 Å². The second kappa shape index (κ2) is 15.7. The summed E-state index contributed by atoms with van der Waals surface area (Å²) in [6, 6.07) is 6.68. The summed E-state index contributed by atoms with van der Waals surface area (Å²) < 4.78 is 38.3. The van der Waals surface area contributed by atoms with Crippen molar-refractivity contribution in [2.45, 2.75) is 31.7 Å². The van der Waals surface area contributed by atoms with E-state index in [1.165, 1.54) is 18.2 Å². The van der Waals surface area contributed by atoms with Crippen LogP contribution in [0.2, 0.25) is 0 Å². The number of rotatable bonds is 8. The normalized spacial score (nSPS) is 18.9. The van der Waals surface area contributed by atoms with Crippen molar-refractivity contribution >= 4 is 16.6 Å². The van der Waals surface area contributed by atoms with E-state index in [0.29, 0.717) is 13.1 Å². The minimum absolute atomic E-state index is 0. The third kappa shape index (κ3) is 9.77. The summed E-state index contributed by atoms with van der Waals surface area (Å²) >= 11 is 0. The molecule has 1 aromatic rings. The number of amidine groups is 1. The first-order valence-corrected chi connectivity index (χ1v) is 12.9. The fourth-order valence-electron chi connectivity index (χ4n) is 3.55. The molecule has 1 saturated heterocycles. The topological polar surface area (TPSA) is 35.9 Å². The molecule has 8 heteroatoms. The molecule has 0 bridgehead atoms. The summed E-state index contributed by atoms with van der Waals surface area (Å²) in [4.78, 5) is 8.88. The van der Waals surface area contributed by atoms with Crippen LogP contribution in [0.3, 0.4) is 0 Å². The van der Waals surface area contributed by atoms with Gasteiger partial charge in [-0.1, -0.05) is 36.4 Å². The van der Waals surface area contributed by atoms with Gasteiger partial charge >= 0.3 is 18.9 Å². The Bertz CT molecular complexity index is 829. The number of allylic oxidation sites excluding steroid dienone is 2. The number of hydrogen-bond donors (Lipinski definition) is 0. The van der Waals surface area contributed by atoms with E-state index in [2.05, 4.69) is 36.7 Å². The number of halogens is 2. The van der Waals surface area contributed by atoms with Crippen LogP contribution in [0.25, 0.3) is 0 Å². The van der Waals surface area contributed by atoms with Crippen LogP contribution in [-0.4, -0.2) is 70.1 Å². The molecule has 0 aliphatic carbocycles. The van der Waals surface area contributed by atoms with E-state index >= 15 is 0 Å². The SMILES string of the molecule is [CH2-]CN(C[CH2-])C1=NC(CCc2ccc(C(F)(F)/C=C/C)cc2)C=C1.[CH2-]CN1CCS(=O)CC1.[Li+]. The third-order valence-electron chi connectivity index (χ3n) is 5.66. The molecule has 1 atom stereocenters. The molecule has 1 unspecified atom stereocenters. The second-order valence-corrected chi connectivity index (χ2v) is 9.65. The first-order chi connectivity index (χ1) is 15.8. The summed E-state index contributed by atoms with van der Waals surface area (Å²) in [7, 11) is -0.532. The molecule has 34 heavy (non-hydrogen) atoms. The first-order valence-electron chi connectivity index (χ1n) is 11.4. The maximum atomic E-state index is 13.8. The van der Waals surface area contributed by atoms with E-state index in [1.807, 2.05) is 11.0 Å². The third-order valence-corrected chi connectivity index (χ3v) is 6.94. The number of alkyl halides is 2. The molecule has 1 fully saturated rings. The van der Waals surface area contributed by atoms with Gasteiger partial charge < -0.3 is 30.6 Å². The predicted molar refractivity (Wildman–Crippen MR) is 136 cm³/mol. The Labute approximate surface area is 219 Å². The maximum absolute atomic E-state index is 13.8. The Morgan fingerprint density at radius 1 is 1.18 bits per heavy atom. The van der Waals surface area contributed by atoms with Crippen molar-refractivity contribution in [3.63, 3.8) is 0 Å². The van der Waals surface area contributed by atoms with Crippen molar-refractivity contribution in [2.75, 3.05) is 44.2 Å². The molecular formula is C26H36F2LiN3OS-2. The average molecular weight is 484 g/mol. The number of benzene rings is 1. The Morgan fingerprint density at radius 2 is 1.79 bits per heavy atom. The summed E-state index contributed by atoms with van der Waals surface area (Å²) in [6.45, 7) is 17.2. The second-order valence-electron chi connectivity index (χ2n) is 7.95. The van der Waals surface area contributed by atoms with Gasteiger partial charge in [0.25, 0.3) is 5.92 Å². The Morgan fingerprint density at radius 3 is 2.32 bits per heavy atom. The molecule has 0 spiro atoms. The molecular weight excluding hydrogens is 447 g/mol. The molecule has 4 nitrogen and oxygen atoms in total. The predicted octanol–water partition coefficient (Wildman–Crippen LogP) is 1.48. The van der Waals surface area contributed by atoms with Crippen molar-refractivity contribution in [2.24, 2.45) is 4.99 Å². The van der Waals surface area contributed by atoms with Gasteiger partial charge in [-0.25, -0.2) is 0 Å². The summed E-state index contributed by atoms with van der Waals surface area (Å²) in [5, 5.41) is 0. The molecule has 2 heterocycles. The van der Waals surface area contributed by atoms with Gasteiger partial charge in [-0.3, -0.25) is 9.20 Å². The van der Waals surface area contributed by atoms with Crippen LogP contribution in [-0.2, 0) is 23.1 Å². The average Bonchev–Trinajstić information content (AvgIpc) is 3.28. The number of nitrogens with zero attached hydrogens (tertiary/aromatic N) is 3. The van der Waals surface area contributed by atoms with Gasteiger partial charge in [-0.15, -0.1) is 19.6 Å². The molecule has 0 N–H and O–H groups in total. The first kappa shape index (κ1) is 30.8. The van der Waals surface area contributed by atoms with Crippen LogP contribution >= 0.6 is 0 Å². The van der Waals surface area contributed by atoms with Crippen molar-refractivity contribution < 1.29 is 31.9 Å². The Balaban J connectivity index is 0.000000486. The zero-order valence-corrected chi connectivity index (χ0v) is 21.4. The minimum Gasteiger partial charge on any atom is -0.417 e. The van der Waals surface area contributed by atoms with Crippen LogP contribution in [0.15, 0.2) is 53.6 Å². The minimum atomic E-state index is -2.91. The number of aryl methyl sites for hydroxylation is 1. The van der Waals surface area contributed by atoms with Crippen LogP contribution in [0.4, 0.5) is 8.78 Å². The molecule has 0 saturated carbocycles. The Hall–Kier alpha value is -1.26. The van der Waals surface area contributed by atoms with Crippen molar-refractivity contribution in [3.05, 3.63) is 80.5 Å². The van der Waals surface area contributed by atoms with Gasteiger partial charge in [0.05, 0.1) is 6.04 Å². The van der Waals surface area contributed by atoms with E-state index in [9.17, 15) is 13.0 Å². The van der Waals surface area contributed by atoms with Crippen molar-refractivity contribution in [1.82, 2.24) is 9.80 Å². The van der Waals surface area contributed by atoms with Gasteiger partial charge in [0.15, 0.2) is 0 Å². The van der Waals surface area contributed by atoms with E-state index in [0.717, 1.165) is 61.5 Å². The van der Waals surface area contributed by atoms with Crippen molar-refractivity contribution in [3.8, 4) is 0 Å². The number of aliphatic imine (C=N–C) groups is 1. The van der Waals surface area contributed by atoms with Crippen LogP contribution in [0, 0.1) is 20.8 Å². The van der Waals surface area contributed by atoms with Crippen LogP contribution in [0.1, 0.15) is 24.5 Å². The largest absolute Gasteiger partial charge is 1.00 e. The summed E-state index contributed by atoms with van der Waals surface area (Å²) in [5.74, 6) is -0.302. The molecule has 1 aromatic carbocycles. The van der Waals surface area contributed by atoms with E-state index < -0.39 is 16.7 Å². The number of hydrogen-bond acceptors (Lipinski definition) is 4. The fraction of sp³-hybridized carbons (Fsp3) is 0.462. The van der Waals surface area contributed by atoms with Gasteiger partial charge in [0, 0.05) is 41.0 Å². The standard InChI is InChI=1S/C20H24F2N2.C6H12NOS.Li/c1-4-15-20(21,22)17-10-7-16(8-11-17)9-12-18-13-14-19(23-18)24(5-2)6-3;1-2-7-3-5-9(8)6-4-7;/h4,7-8,10-11,13-15,18H,2-3,5-6,9,12H2,1H3;1-6H2;/q-2;-1;+1/b15-4+;;. The van der Waals surface area contributed by atoms with Crippen LogP contribution in [0.5, 0.6) is 0 Å². The zero-order chi connectivity index (χ0) is 24.3. The molecule has 0 radical (unpaired) electrons. The monoisotopic (exact) mass is 483 g/mol. The van der Waals surface area contributed by atoms with Crippen molar-refractivity contribution in [1.29, 1.82) is 0 Å². The summed E-state index contributed by atoms with van der Waals surface area (Å²) in [5.41, 5.74) is 1.06. The molecule has 2 aliphatic heterocycles. The molecule has 184 valence electrons. The molecule has 0 amide bonds. The van der Waals surface area contributed by atoms with Gasteiger partial charge in [-0.2, -0.15) is 8.78 Å². The molecule has 2 aliphatic rings.